The number of furan rings is 1. The summed E-state index contributed by atoms with van der Waals surface area (Å²) in [5.74, 6) is 1.65. The zero-order chi connectivity index (χ0) is 13.3. The van der Waals surface area contributed by atoms with Gasteiger partial charge in [-0.05, 0) is 25.5 Å². The fourth-order valence-corrected chi connectivity index (χ4v) is 2.52. The van der Waals surface area contributed by atoms with Gasteiger partial charge in [0.1, 0.15) is 11.5 Å². The predicted octanol–water partition coefficient (Wildman–Crippen LogP) is 0.404. The van der Waals surface area contributed by atoms with E-state index in [1.54, 1.807) is 0 Å². The van der Waals surface area contributed by atoms with Crippen LogP contribution in [0.1, 0.15) is 30.9 Å². The van der Waals surface area contributed by atoms with Crippen molar-refractivity contribution in [2.24, 2.45) is 5.73 Å². The number of nitrogens with two attached hydrogens (primary N) is 1. The van der Waals surface area contributed by atoms with Crippen LogP contribution in [0.25, 0.3) is 0 Å². The number of aliphatic hydroxyl groups excluding tert-OH is 2. The summed E-state index contributed by atoms with van der Waals surface area (Å²) < 4.78 is 5.67. The van der Waals surface area contributed by atoms with Crippen LogP contribution in [0.15, 0.2) is 16.5 Å². The lowest BCUT2D eigenvalue weighted by Gasteiger charge is -2.30. The zero-order valence-electron chi connectivity index (χ0n) is 10.9. The van der Waals surface area contributed by atoms with Gasteiger partial charge >= 0.3 is 0 Å². The molecular formula is C13H22N2O3. The summed E-state index contributed by atoms with van der Waals surface area (Å²) in [7, 11) is 0. The molecule has 4 N–H and O–H groups in total. The van der Waals surface area contributed by atoms with E-state index in [1.165, 1.54) is 0 Å². The predicted molar refractivity (Wildman–Crippen MR) is 68.0 cm³/mol. The molecule has 1 aliphatic heterocycles. The van der Waals surface area contributed by atoms with Crippen molar-refractivity contribution >= 4 is 0 Å². The van der Waals surface area contributed by atoms with Crippen molar-refractivity contribution in [2.75, 3.05) is 13.1 Å². The van der Waals surface area contributed by atoms with Crippen LogP contribution in [-0.2, 0) is 0 Å². The van der Waals surface area contributed by atoms with E-state index in [0.29, 0.717) is 13.1 Å². The molecule has 0 spiro atoms. The standard InChI is InChI=1S/C13H22N2O3/c1-3-9(14)13(12-5-4-8(2)18-12)15-6-10(16)11(17)7-15/h4-5,9-11,13,16-17H,3,6-7,14H2,1-2H3. The Hall–Kier alpha value is -0.880. The van der Waals surface area contributed by atoms with Gasteiger partial charge in [-0.1, -0.05) is 6.92 Å². The zero-order valence-corrected chi connectivity index (χ0v) is 10.9. The van der Waals surface area contributed by atoms with E-state index in [2.05, 4.69) is 0 Å². The molecule has 0 bridgehead atoms. The fourth-order valence-electron chi connectivity index (χ4n) is 2.52. The molecule has 0 saturated carbocycles. The minimum absolute atomic E-state index is 0.0759. The number of hydrogen-bond donors (Lipinski definition) is 3. The second-order valence-corrected chi connectivity index (χ2v) is 5.05. The summed E-state index contributed by atoms with van der Waals surface area (Å²) in [5.41, 5.74) is 6.16. The smallest absolute Gasteiger partial charge is 0.122 e. The number of nitrogens with zero attached hydrogens (tertiary/aromatic N) is 1. The van der Waals surface area contributed by atoms with Crippen LogP contribution < -0.4 is 5.73 Å². The van der Waals surface area contributed by atoms with E-state index in [9.17, 15) is 10.2 Å². The van der Waals surface area contributed by atoms with Crippen molar-refractivity contribution in [1.29, 1.82) is 0 Å². The van der Waals surface area contributed by atoms with Gasteiger partial charge in [0, 0.05) is 19.1 Å². The summed E-state index contributed by atoms with van der Waals surface area (Å²) in [6.45, 7) is 4.78. The second-order valence-electron chi connectivity index (χ2n) is 5.05. The van der Waals surface area contributed by atoms with E-state index in [1.807, 2.05) is 30.9 Å². The lowest BCUT2D eigenvalue weighted by atomic mass is 10.0. The maximum atomic E-state index is 9.66. The lowest BCUT2D eigenvalue weighted by molar-refractivity contribution is 0.0572. The van der Waals surface area contributed by atoms with Crippen molar-refractivity contribution in [3.8, 4) is 0 Å². The Labute approximate surface area is 107 Å². The molecule has 102 valence electrons. The van der Waals surface area contributed by atoms with Crippen LogP contribution in [0, 0.1) is 6.92 Å². The van der Waals surface area contributed by atoms with Crippen molar-refractivity contribution in [3.63, 3.8) is 0 Å². The van der Waals surface area contributed by atoms with E-state index in [-0.39, 0.29) is 12.1 Å². The molecule has 2 rings (SSSR count). The van der Waals surface area contributed by atoms with Crippen molar-refractivity contribution in [1.82, 2.24) is 4.90 Å². The van der Waals surface area contributed by atoms with Gasteiger partial charge in [-0.2, -0.15) is 0 Å². The van der Waals surface area contributed by atoms with Gasteiger partial charge in [0.15, 0.2) is 0 Å². The highest BCUT2D eigenvalue weighted by molar-refractivity contribution is 5.13. The SMILES string of the molecule is CCC(N)C(c1ccc(C)o1)N1CC(O)C(O)C1. The van der Waals surface area contributed by atoms with Crippen LogP contribution in [0.4, 0.5) is 0 Å². The maximum absolute atomic E-state index is 9.66. The largest absolute Gasteiger partial charge is 0.465 e. The highest BCUT2D eigenvalue weighted by Gasteiger charge is 2.37. The summed E-state index contributed by atoms with van der Waals surface area (Å²) >= 11 is 0. The minimum Gasteiger partial charge on any atom is -0.465 e. The minimum atomic E-state index is -0.701. The van der Waals surface area contributed by atoms with E-state index in [0.717, 1.165) is 17.9 Å². The maximum Gasteiger partial charge on any atom is 0.122 e. The normalized spacial score (nSPS) is 28.5. The molecule has 0 aromatic carbocycles. The molecule has 1 aromatic rings. The third-order valence-electron chi connectivity index (χ3n) is 3.61. The van der Waals surface area contributed by atoms with Gasteiger partial charge in [0.05, 0.1) is 18.2 Å². The summed E-state index contributed by atoms with van der Waals surface area (Å²) in [6, 6.07) is 3.67. The molecule has 1 saturated heterocycles. The molecule has 18 heavy (non-hydrogen) atoms. The molecular weight excluding hydrogens is 232 g/mol. The Morgan fingerprint density at radius 2 is 2.00 bits per heavy atom. The highest BCUT2D eigenvalue weighted by atomic mass is 16.3. The van der Waals surface area contributed by atoms with E-state index < -0.39 is 12.2 Å². The fraction of sp³-hybridized carbons (Fsp3) is 0.692. The molecule has 1 fully saturated rings. The van der Waals surface area contributed by atoms with E-state index >= 15 is 0 Å². The summed E-state index contributed by atoms with van der Waals surface area (Å²) in [4.78, 5) is 2.00. The number of hydrogen-bond acceptors (Lipinski definition) is 5. The van der Waals surface area contributed by atoms with Crippen LogP contribution in [0.5, 0.6) is 0 Å². The molecule has 0 aliphatic carbocycles. The van der Waals surface area contributed by atoms with Gasteiger partial charge < -0.3 is 20.4 Å². The quantitative estimate of drug-likeness (QED) is 0.724. The van der Waals surface area contributed by atoms with Crippen LogP contribution in [0.2, 0.25) is 0 Å². The van der Waals surface area contributed by atoms with E-state index in [4.69, 9.17) is 10.2 Å². The number of likely N-dealkylation sites (tertiary alicyclic amines) is 1. The molecule has 0 amide bonds. The summed E-state index contributed by atoms with van der Waals surface area (Å²) in [5, 5.41) is 19.3. The Morgan fingerprint density at radius 1 is 1.39 bits per heavy atom. The highest BCUT2D eigenvalue weighted by Crippen LogP contribution is 2.30. The van der Waals surface area contributed by atoms with Gasteiger partial charge in [-0.25, -0.2) is 0 Å². The first-order valence-electron chi connectivity index (χ1n) is 6.45. The second kappa shape index (κ2) is 5.40. The molecule has 1 aromatic heterocycles. The van der Waals surface area contributed by atoms with Gasteiger partial charge in [0.2, 0.25) is 0 Å². The van der Waals surface area contributed by atoms with Crippen molar-refractivity contribution in [2.45, 2.75) is 44.6 Å². The average Bonchev–Trinajstić information content (AvgIpc) is 2.87. The molecule has 1 aliphatic rings. The molecule has 5 nitrogen and oxygen atoms in total. The third-order valence-corrected chi connectivity index (χ3v) is 3.61. The molecule has 4 unspecified atom stereocenters. The monoisotopic (exact) mass is 254 g/mol. The third kappa shape index (κ3) is 2.59. The number of aliphatic hydroxyl groups is 2. The van der Waals surface area contributed by atoms with Crippen LogP contribution in [-0.4, -0.2) is 46.5 Å². The number of β-amino-alcohol motifs (C(OH)–C–C–N with tert-alkyl or cyclic N) is 2. The van der Waals surface area contributed by atoms with Crippen molar-refractivity contribution < 1.29 is 14.6 Å². The Balaban J connectivity index is 2.21. The first-order chi connectivity index (χ1) is 8.52. The molecule has 4 atom stereocenters. The Morgan fingerprint density at radius 3 is 2.44 bits per heavy atom. The van der Waals surface area contributed by atoms with Crippen molar-refractivity contribution in [3.05, 3.63) is 23.7 Å². The van der Waals surface area contributed by atoms with Crippen LogP contribution in [0.3, 0.4) is 0 Å². The van der Waals surface area contributed by atoms with Crippen LogP contribution >= 0.6 is 0 Å². The summed E-state index contributed by atoms with van der Waals surface area (Å²) in [6.07, 6.45) is -0.590. The molecule has 5 heteroatoms. The average molecular weight is 254 g/mol. The Kier molecular flexibility index (Phi) is 4.07. The first-order valence-corrected chi connectivity index (χ1v) is 6.45. The van der Waals surface area contributed by atoms with Gasteiger partial charge in [-0.3, -0.25) is 4.90 Å². The topological polar surface area (TPSA) is 82.9 Å². The Bertz CT molecular complexity index is 383. The number of rotatable bonds is 4. The molecule has 2 heterocycles. The van der Waals surface area contributed by atoms with Gasteiger partial charge in [0.25, 0.3) is 0 Å². The lowest BCUT2D eigenvalue weighted by Crippen LogP contribution is -2.40. The number of aryl methyl sites for hydroxylation is 1. The van der Waals surface area contributed by atoms with Gasteiger partial charge in [-0.15, -0.1) is 0 Å². The first kappa shape index (κ1) is 13.5. The molecule has 0 radical (unpaired) electrons.